The normalized spacial score (nSPS) is 27.4. The van der Waals surface area contributed by atoms with Crippen LogP contribution < -0.4 is 0 Å². The van der Waals surface area contributed by atoms with Gasteiger partial charge in [-0.2, -0.15) is 8.42 Å². The van der Waals surface area contributed by atoms with Gasteiger partial charge in [-0.1, -0.05) is 36.7 Å². The third-order valence-electron chi connectivity index (χ3n) is 4.73. The number of aryl methyl sites for hydroxylation is 1. The quantitative estimate of drug-likeness (QED) is 0.797. The first kappa shape index (κ1) is 15.9. The topological polar surface area (TPSA) is 72.8 Å². The van der Waals surface area contributed by atoms with Crippen LogP contribution >= 0.6 is 0 Å². The molecule has 5 nitrogen and oxygen atoms in total. The molecule has 2 atom stereocenters. The van der Waals surface area contributed by atoms with E-state index in [4.69, 9.17) is 4.28 Å². The lowest BCUT2D eigenvalue weighted by atomic mass is 9.98. The van der Waals surface area contributed by atoms with Crippen LogP contribution in [-0.4, -0.2) is 19.9 Å². The number of oxime groups is 1. The van der Waals surface area contributed by atoms with E-state index < -0.39 is 10.1 Å². The molecule has 0 spiro atoms. The van der Waals surface area contributed by atoms with Crippen molar-refractivity contribution in [2.75, 3.05) is 0 Å². The molecule has 1 fully saturated rings. The van der Waals surface area contributed by atoms with Crippen molar-refractivity contribution in [3.05, 3.63) is 41.5 Å². The number of fused-ring (bicyclic) bond motifs is 1. The molecule has 0 aromatic heterocycles. The average molecular weight is 333 g/mol. The molecule has 0 radical (unpaired) electrons. The molecule has 0 unspecified atom stereocenters. The smallest absolute Gasteiger partial charge is 0.294 e. The first-order valence-electron chi connectivity index (χ1n) is 7.45. The second-order valence-electron chi connectivity index (χ2n) is 6.83. The van der Waals surface area contributed by atoms with E-state index in [9.17, 15) is 13.2 Å². The van der Waals surface area contributed by atoms with Crippen LogP contribution in [0.2, 0.25) is 0 Å². The summed E-state index contributed by atoms with van der Waals surface area (Å²) in [4.78, 5) is 12.2. The van der Waals surface area contributed by atoms with Gasteiger partial charge in [0, 0.05) is 11.8 Å². The second kappa shape index (κ2) is 5.03. The van der Waals surface area contributed by atoms with Crippen LogP contribution in [-0.2, 0) is 19.2 Å². The number of rotatable bonds is 3. The van der Waals surface area contributed by atoms with Crippen molar-refractivity contribution < 1.29 is 17.5 Å². The SMILES string of the molecule is CC1=CC(=NOS(=O)(=O)c2ccc(C)cc2)[C@H]2[C@@H](C1=O)C2(C)C. The summed E-state index contributed by atoms with van der Waals surface area (Å²) in [6.07, 6.45) is 1.63. The summed E-state index contributed by atoms with van der Waals surface area (Å²) < 4.78 is 29.3. The van der Waals surface area contributed by atoms with E-state index in [2.05, 4.69) is 5.16 Å². The highest BCUT2D eigenvalue weighted by Crippen LogP contribution is 2.61. The van der Waals surface area contributed by atoms with E-state index >= 15 is 0 Å². The van der Waals surface area contributed by atoms with Gasteiger partial charge in [0.15, 0.2) is 5.78 Å². The largest absolute Gasteiger partial charge is 0.358 e. The van der Waals surface area contributed by atoms with Crippen LogP contribution in [0.15, 0.2) is 46.0 Å². The zero-order chi connectivity index (χ0) is 17.0. The number of benzene rings is 1. The fraction of sp³-hybridized carbons (Fsp3) is 0.412. The summed E-state index contributed by atoms with van der Waals surface area (Å²) in [6, 6.07) is 6.37. The predicted octanol–water partition coefficient (Wildman–Crippen LogP) is 2.86. The number of Topliss-reactive ketones (excluding diaryl/α,β-unsaturated/α-hetero) is 1. The standard InChI is InChI=1S/C17H19NO4S/c1-10-5-7-12(8-6-10)23(20,21)22-18-13-9-11(2)16(19)15-14(13)17(15,3)4/h5-9,14-15H,1-4H3/t14-,15-/m0/s1. The van der Waals surface area contributed by atoms with E-state index in [1.807, 2.05) is 20.8 Å². The molecular weight excluding hydrogens is 314 g/mol. The highest BCUT2D eigenvalue weighted by Gasteiger charge is 2.65. The van der Waals surface area contributed by atoms with Gasteiger partial charge < -0.3 is 0 Å². The molecule has 2 aliphatic rings. The van der Waals surface area contributed by atoms with Crippen LogP contribution in [0.5, 0.6) is 0 Å². The monoisotopic (exact) mass is 333 g/mol. The van der Waals surface area contributed by atoms with Gasteiger partial charge in [0.25, 0.3) is 0 Å². The van der Waals surface area contributed by atoms with Gasteiger partial charge in [0.1, 0.15) is 4.90 Å². The number of ketones is 1. The number of hydrogen-bond donors (Lipinski definition) is 0. The third-order valence-corrected chi connectivity index (χ3v) is 5.85. The molecule has 2 aliphatic carbocycles. The molecule has 6 heteroatoms. The Kier molecular flexibility index (Phi) is 3.48. The van der Waals surface area contributed by atoms with Crippen LogP contribution in [0.3, 0.4) is 0 Å². The van der Waals surface area contributed by atoms with Crippen molar-refractivity contribution in [2.45, 2.75) is 32.6 Å². The molecule has 3 rings (SSSR count). The summed E-state index contributed by atoms with van der Waals surface area (Å²) in [7, 11) is -3.95. The van der Waals surface area contributed by atoms with Gasteiger partial charge in [-0.25, -0.2) is 0 Å². The van der Waals surface area contributed by atoms with E-state index in [1.54, 1.807) is 25.1 Å². The van der Waals surface area contributed by atoms with Crippen LogP contribution in [0.1, 0.15) is 26.3 Å². The molecule has 23 heavy (non-hydrogen) atoms. The first-order valence-corrected chi connectivity index (χ1v) is 8.86. The van der Waals surface area contributed by atoms with Crippen molar-refractivity contribution in [3.8, 4) is 0 Å². The zero-order valence-corrected chi connectivity index (χ0v) is 14.3. The van der Waals surface area contributed by atoms with Crippen molar-refractivity contribution in [1.29, 1.82) is 0 Å². The van der Waals surface area contributed by atoms with Gasteiger partial charge in [-0.05, 0) is 43.0 Å². The molecule has 122 valence electrons. The van der Waals surface area contributed by atoms with Gasteiger partial charge in [-0.3, -0.25) is 9.08 Å². The third kappa shape index (κ3) is 2.61. The van der Waals surface area contributed by atoms with Crippen LogP contribution in [0.25, 0.3) is 0 Å². The lowest BCUT2D eigenvalue weighted by Crippen LogP contribution is -2.16. The summed E-state index contributed by atoms with van der Waals surface area (Å²) in [5.41, 5.74) is 1.86. The molecule has 0 bridgehead atoms. The summed E-state index contributed by atoms with van der Waals surface area (Å²) in [6.45, 7) is 7.56. The van der Waals surface area contributed by atoms with Gasteiger partial charge in [0.05, 0.1) is 5.71 Å². The molecule has 0 N–H and O–H groups in total. The molecular formula is C17H19NO4S. The van der Waals surface area contributed by atoms with Crippen molar-refractivity contribution in [3.63, 3.8) is 0 Å². The number of nitrogens with zero attached hydrogens (tertiary/aromatic N) is 1. The minimum atomic E-state index is -3.95. The molecule has 0 heterocycles. The van der Waals surface area contributed by atoms with Crippen molar-refractivity contribution in [1.82, 2.24) is 0 Å². The van der Waals surface area contributed by atoms with Crippen LogP contribution in [0.4, 0.5) is 0 Å². The number of allylic oxidation sites excluding steroid dienone is 2. The molecule has 1 saturated carbocycles. The van der Waals surface area contributed by atoms with Gasteiger partial charge in [0.2, 0.25) is 0 Å². The fourth-order valence-corrected chi connectivity index (χ4v) is 3.97. The highest BCUT2D eigenvalue weighted by molar-refractivity contribution is 7.86. The maximum Gasteiger partial charge on any atom is 0.358 e. The van der Waals surface area contributed by atoms with Gasteiger partial charge in [-0.15, -0.1) is 0 Å². The summed E-state index contributed by atoms with van der Waals surface area (Å²) >= 11 is 0. The zero-order valence-electron chi connectivity index (χ0n) is 13.5. The van der Waals surface area contributed by atoms with E-state index in [1.165, 1.54) is 12.1 Å². The Balaban J connectivity index is 1.88. The molecule has 1 aromatic rings. The van der Waals surface area contributed by atoms with Crippen molar-refractivity contribution >= 4 is 21.6 Å². The maximum absolute atomic E-state index is 12.2. The maximum atomic E-state index is 12.2. The Labute approximate surface area is 136 Å². The molecule has 0 aliphatic heterocycles. The minimum absolute atomic E-state index is 0.0617. The highest BCUT2D eigenvalue weighted by atomic mass is 32.2. The Hall–Kier alpha value is -1.95. The van der Waals surface area contributed by atoms with Gasteiger partial charge >= 0.3 is 10.1 Å². The van der Waals surface area contributed by atoms with E-state index in [0.29, 0.717) is 11.3 Å². The predicted molar refractivity (Wildman–Crippen MR) is 86.4 cm³/mol. The Morgan fingerprint density at radius 3 is 2.30 bits per heavy atom. The molecule has 0 amide bonds. The summed E-state index contributed by atoms with van der Waals surface area (Å²) in [5, 5.41) is 3.86. The van der Waals surface area contributed by atoms with Crippen molar-refractivity contribution in [2.24, 2.45) is 22.4 Å². The van der Waals surface area contributed by atoms with Crippen LogP contribution in [0, 0.1) is 24.2 Å². The Morgan fingerprint density at radius 2 is 1.70 bits per heavy atom. The number of carbonyl (C=O) groups is 1. The minimum Gasteiger partial charge on any atom is -0.294 e. The summed E-state index contributed by atoms with van der Waals surface area (Å²) in [5.74, 6) is -0.0933. The average Bonchev–Trinajstić information content (AvgIpc) is 3.05. The lowest BCUT2D eigenvalue weighted by Gasteiger charge is -2.09. The lowest BCUT2D eigenvalue weighted by molar-refractivity contribution is -0.117. The molecule has 1 aromatic carbocycles. The Bertz CT molecular complexity index is 832. The molecule has 0 saturated heterocycles. The number of carbonyl (C=O) groups excluding carboxylic acids is 1. The first-order chi connectivity index (χ1) is 10.6. The second-order valence-corrected chi connectivity index (χ2v) is 8.35. The number of hydrogen-bond acceptors (Lipinski definition) is 5. The fourth-order valence-electron chi connectivity index (χ4n) is 3.23. The van der Waals surface area contributed by atoms with E-state index in [-0.39, 0.29) is 27.9 Å². The van der Waals surface area contributed by atoms with E-state index in [0.717, 1.165) is 5.56 Å². The Morgan fingerprint density at radius 1 is 1.09 bits per heavy atom.